The number of amides is 3. The molecule has 0 saturated carbocycles. The van der Waals surface area contributed by atoms with Crippen molar-refractivity contribution in [2.75, 3.05) is 20.8 Å². The smallest absolute Gasteiger partial charge is 0.325 e. The molecule has 1 aliphatic heterocycles. The molecule has 0 aliphatic carbocycles. The summed E-state index contributed by atoms with van der Waals surface area (Å²) >= 11 is 0. The average Bonchev–Trinajstić information content (AvgIpc) is 3.26. The van der Waals surface area contributed by atoms with Gasteiger partial charge in [-0.25, -0.2) is 4.79 Å². The first-order chi connectivity index (χ1) is 16.2. The van der Waals surface area contributed by atoms with Gasteiger partial charge < -0.3 is 19.4 Å². The van der Waals surface area contributed by atoms with Gasteiger partial charge in [0, 0.05) is 22.6 Å². The van der Waals surface area contributed by atoms with Gasteiger partial charge in [0.15, 0.2) is 5.78 Å². The number of imide groups is 1. The molecule has 0 spiro atoms. The van der Waals surface area contributed by atoms with Gasteiger partial charge in [0.25, 0.3) is 5.91 Å². The van der Waals surface area contributed by atoms with Crippen molar-refractivity contribution in [2.45, 2.75) is 26.3 Å². The van der Waals surface area contributed by atoms with Gasteiger partial charge in [0.2, 0.25) is 0 Å². The van der Waals surface area contributed by atoms with E-state index >= 15 is 0 Å². The molecule has 176 valence electrons. The standard InChI is InChI=1S/C26H27N3O5/c1-16-14-22(17(2)29(16)19-8-12-21(34-5)13-9-19)23(30)15-28-24(31)26(3,27-25(28)32)18-6-10-20(33-4)11-7-18/h6-14H,15H2,1-5H3,(H,27,32). The minimum absolute atomic E-state index is 0.310. The Bertz CT molecular complexity index is 1260. The Kier molecular flexibility index (Phi) is 5.91. The maximum absolute atomic E-state index is 13.2. The molecule has 0 radical (unpaired) electrons. The molecule has 1 atom stereocenters. The summed E-state index contributed by atoms with van der Waals surface area (Å²) < 4.78 is 12.3. The number of aryl methyl sites for hydroxylation is 1. The quantitative estimate of drug-likeness (QED) is 0.427. The summed E-state index contributed by atoms with van der Waals surface area (Å²) in [5.74, 6) is 0.597. The second-order valence-corrected chi connectivity index (χ2v) is 8.42. The molecule has 4 rings (SSSR count). The highest BCUT2D eigenvalue weighted by atomic mass is 16.5. The molecular weight excluding hydrogens is 434 g/mol. The third-order valence-corrected chi connectivity index (χ3v) is 6.31. The van der Waals surface area contributed by atoms with E-state index in [0.717, 1.165) is 27.7 Å². The Balaban J connectivity index is 1.58. The van der Waals surface area contributed by atoms with E-state index in [-0.39, 0.29) is 12.3 Å². The van der Waals surface area contributed by atoms with Crippen molar-refractivity contribution in [1.82, 2.24) is 14.8 Å². The maximum atomic E-state index is 13.2. The molecule has 8 nitrogen and oxygen atoms in total. The van der Waals surface area contributed by atoms with E-state index in [1.807, 2.05) is 42.7 Å². The number of nitrogens with zero attached hydrogens (tertiary/aromatic N) is 2. The van der Waals surface area contributed by atoms with Crippen LogP contribution in [0.1, 0.15) is 34.2 Å². The third-order valence-electron chi connectivity index (χ3n) is 6.31. The van der Waals surface area contributed by atoms with Crippen LogP contribution in [0.3, 0.4) is 0 Å². The van der Waals surface area contributed by atoms with Crippen LogP contribution in [0.15, 0.2) is 54.6 Å². The molecule has 1 unspecified atom stereocenters. The Labute approximate surface area is 198 Å². The third kappa shape index (κ3) is 3.81. The Hall–Kier alpha value is -4.07. The van der Waals surface area contributed by atoms with Crippen LogP contribution in [0.4, 0.5) is 4.79 Å². The van der Waals surface area contributed by atoms with Crippen molar-refractivity contribution in [1.29, 1.82) is 0 Å². The lowest BCUT2D eigenvalue weighted by molar-refractivity contribution is -0.130. The number of benzene rings is 2. The van der Waals surface area contributed by atoms with E-state index < -0.39 is 17.5 Å². The number of methoxy groups -OCH3 is 2. The molecule has 3 amide bonds. The number of rotatable bonds is 7. The maximum Gasteiger partial charge on any atom is 0.325 e. The van der Waals surface area contributed by atoms with E-state index in [1.54, 1.807) is 51.5 Å². The highest BCUT2D eigenvalue weighted by Gasteiger charge is 2.49. The van der Waals surface area contributed by atoms with E-state index in [2.05, 4.69) is 5.32 Å². The first-order valence-corrected chi connectivity index (χ1v) is 10.8. The van der Waals surface area contributed by atoms with Crippen LogP contribution in [0.2, 0.25) is 0 Å². The van der Waals surface area contributed by atoms with E-state index in [1.165, 1.54) is 0 Å². The summed E-state index contributed by atoms with van der Waals surface area (Å²) in [4.78, 5) is 40.1. The van der Waals surface area contributed by atoms with Crippen molar-refractivity contribution in [3.63, 3.8) is 0 Å². The number of Topliss-reactive ketones (excluding diaryl/α,β-unsaturated/α-hetero) is 1. The average molecular weight is 462 g/mol. The number of nitrogens with one attached hydrogen (secondary N) is 1. The predicted octanol–water partition coefficient (Wildman–Crippen LogP) is 3.76. The number of urea groups is 1. The van der Waals surface area contributed by atoms with Crippen LogP contribution in [-0.2, 0) is 10.3 Å². The molecule has 34 heavy (non-hydrogen) atoms. The van der Waals surface area contributed by atoms with Crippen molar-refractivity contribution >= 4 is 17.7 Å². The zero-order valence-corrected chi connectivity index (χ0v) is 19.8. The van der Waals surface area contributed by atoms with E-state index in [4.69, 9.17) is 9.47 Å². The topological polar surface area (TPSA) is 89.9 Å². The van der Waals surface area contributed by atoms with Crippen LogP contribution >= 0.6 is 0 Å². The van der Waals surface area contributed by atoms with Crippen molar-refractivity contribution in [3.8, 4) is 17.2 Å². The molecule has 0 bridgehead atoms. The van der Waals surface area contributed by atoms with Crippen LogP contribution in [0, 0.1) is 13.8 Å². The van der Waals surface area contributed by atoms with Crippen molar-refractivity contribution in [2.24, 2.45) is 0 Å². The van der Waals surface area contributed by atoms with Crippen LogP contribution in [0.5, 0.6) is 11.5 Å². The fourth-order valence-corrected chi connectivity index (χ4v) is 4.36. The van der Waals surface area contributed by atoms with E-state index in [0.29, 0.717) is 16.9 Å². The molecular formula is C26H27N3O5. The highest BCUT2D eigenvalue weighted by Crippen LogP contribution is 2.31. The normalized spacial score (nSPS) is 17.6. The van der Waals surface area contributed by atoms with Gasteiger partial charge in [-0.1, -0.05) is 12.1 Å². The highest BCUT2D eigenvalue weighted by molar-refractivity contribution is 6.11. The Morgan fingerprint density at radius 2 is 1.50 bits per heavy atom. The lowest BCUT2D eigenvalue weighted by atomic mass is 9.92. The number of aromatic nitrogens is 1. The summed E-state index contributed by atoms with van der Waals surface area (Å²) in [7, 11) is 3.16. The second kappa shape index (κ2) is 8.70. The molecule has 1 saturated heterocycles. The molecule has 3 aromatic rings. The van der Waals surface area contributed by atoms with Gasteiger partial charge in [-0.05, 0) is 68.8 Å². The fraction of sp³-hybridized carbons (Fsp3) is 0.269. The number of carbonyl (C=O) groups excluding carboxylic acids is 3. The molecule has 2 heterocycles. The summed E-state index contributed by atoms with van der Waals surface area (Å²) in [6.45, 7) is 5.04. The first kappa shape index (κ1) is 23.1. The van der Waals surface area contributed by atoms with Gasteiger partial charge in [-0.3, -0.25) is 14.5 Å². The lowest BCUT2D eigenvalue weighted by Gasteiger charge is -2.22. The van der Waals surface area contributed by atoms with Crippen LogP contribution in [-0.4, -0.2) is 48.0 Å². The van der Waals surface area contributed by atoms with Gasteiger partial charge >= 0.3 is 6.03 Å². The summed E-state index contributed by atoms with van der Waals surface area (Å²) in [5, 5.41) is 2.74. The summed E-state index contributed by atoms with van der Waals surface area (Å²) in [6.07, 6.45) is 0. The second-order valence-electron chi connectivity index (χ2n) is 8.42. The predicted molar refractivity (Wildman–Crippen MR) is 127 cm³/mol. The Morgan fingerprint density at radius 1 is 0.941 bits per heavy atom. The van der Waals surface area contributed by atoms with E-state index in [9.17, 15) is 14.4 Å². The number of carbonyl (C=O) groups is 3. The summed E-state index contributed by atoms with van der Waals surface area (Å²) in [6, 6.07) is 15.6. The minimum Gasteiger partial charge on any atom is -0.497 e. The zero-order chi connectivity index (χ0) is 24.6. The zero-order valence-electron chi connectivity index (χ0n) is 19.8. The van der Waals surface area contributed by atoms with Crippen molar-refractivity contribution in [3.05, 3.63) is 77.1 Å². The number of ketones is 1. The van der Waals surface area contributed by atoms with Gasteiger partial charge in [0.05, 0.1) is 20.8 Å². The minimum atomic E-state index is -1.26. The van der Waals surface area contributed by atoms with Gasteiger partial charge in [-0.2, -0.15) is 0 Å². The number of hydrogen-bond donors (Lipinski definition) is 1. The Morgan fingerprint density at radius 3 is 2.06 bits per heavy atom. The monoisotopic (exact) mass is 461 g/mol. The van der Waals surface area contributed by atoms with Gasteiger partial charge in [-0.15, -0.1) is 0 Å². The fourth-order valence-electron chi connectivity index (χ4n) is 4.36. The van der Waals surface area contributed by atoms with Gasteiger partial charge in [0.1, 0.15) is 17.0 Å². The van der Waals surface area contributed by atoms with Crippen molar-refractivity contribution < 1.29 is 23.9 Å². The SMILES string of the molecule is COc1ccc(-n2c(C)cc(C(=O)CN3C(=O)NC(C)(c4ccc(OC)cc4)C3=O)c2C)cc1. The lowest BCUT2D eigenvalue weighted by Crippen LogP contribution is -2.41. The van der Waals surface area contributed by atoms with Crippen LogP contribution < -0.4 is 14.8 Å². The first-order valence-electron chi connectivity index (χ1n) is 10.8. The molecule has 1 aliphatic rings. The molecule has 8 heteroatoms. The van der Waals surface area contributed by atoms with Crippen LogP contribution in [0.25, 0.3) is 5.69 Å². The summed E-state index contributed by atoms with van der Waals surface area (Å²) in [5.41, 5.74) is 2.30. The largest absolute Gasteiger partial charge is 0.497 e. The molecule has 1 fully saturated rings. The molecule has 1 N–H and O–H groups in total. The molecule has 1 aromatic heterocycles. The molecule has 2 aromatic carbocycles. The number of ether oxygens (including phenoxy) is 2. The number of hydrogen-bond acceptors (Lipinski definition) is 5.